The summed E-state index contributed by atoms with van der Waals surface area (Å²) in [4.78, 5) is 29.9. The number of rotatable bonds is 4. The number of carboxylic acid groups (broad SMARTS) is 1. The van der Waals surface area contributed by atoms with Gasteiger partial charge < -0.3 is 20.3 Å². The Bertz CT molecular complexity index is 963. The average Bonchev–Trinajstić information content (AvgIpc) is 3.37. The number of alkyl halides is 1. The number of nitrogens with two attached hydrogens (primary N) is 1. The minimum absolute atomic E-state index is 0. The number of halogens is 3. The van der Waals surface area contributed by atoms with E-state index in [4.69, 9.17) is 17.3 Å². The van der Waals surface area contributed by atoms with Crippen molar-refractivity contribution in [2.75, 3.05) is 24.5 Å². The van der Waals surface area contributed by atoms with Gasteiger partial charge in [-0.2, -0.15) is 0 Å². The number of hydrogen-bond acceptors (Lipinski definition) is 5. The van der Waals surface area contributed by atoms with Crippen LogP contribution >= 0.6 is 24.0 Å². The van der Waals surface area contributed by atoms with Gasteiger partial charge in [0.25, 0.3) is 0 Å². The molecule has 146 valence electrons. The first-order chi connectivity index (χ1) is 12.4. The Labute approximate surface area is 165 Å². The molecule has 4 rings (SSSR count). The summed E-state index contributed by atoms with van der Waals surface area (Å²) in [7, 11) is 0. The second-order valence-electron chi connectivity index (χ2n) is 6.90. The molecule has 1 saturated carbocycles. The smallest absolute Gasteiger partial charge is 0.341 e. The van der Waals surface area contributed by atoms with Gasteiger partial charge in [-0.25, -0.2) is 14.2 Å². The van der Waals surface area contributed by atoms with Crippen LogP contribution in [0.15, 0.2) is 17.1 Å². The fourth-order valence-corrected chi connectivity index (χ4v) is 3.82. The lowest BCUT2D eigenvalue weighted by molar-refractivity contribution is 0.0695. The minimum Gasteiger partial charge on any atom is -0.477 e. The van der Waals surface area contributed by atoms with Gasteiger partial charge in [0.05, 0.1) is 10.8 Å². The standard InChI is InChI=1S/C17H18ClFN4O3.ClH/c18-12-7-22(5-8(12)4-20)16-13(19)3-10-14(24)11(17(25)26)6-23(9-1-2-9)15(10)21-16;/h3,6,8-9,12H,1-2,4-5,7,20H2,(H,25,26);1H/t8-,12+;/m1./s1. The molecule has 3 N–H and O–H groups in total. The largest absolute Gasteiger partial charge is 0.477 e. The molecule has 1 aliphatic heterocycles. The van der Waals surface area contributed by atoms with Crippen LogP contribution in [0, 0.1) is 11.7 Å². The van der Waals surface area contributed by atoms with Gasteiger partial charge in [0.2, 0.25) is 5.43 Å². The van der Waals surface area contributed by atoms with Crippen LogP contribution in [0.2, 0.25) is 0 Å². The highest BCUT2D eigenvalue weighted by molar-refractivity contribution is 6.21. The van der Waals surface area contributed by atoms with Gasteiger partial charge in [-0.1, -0.05) is 0 Å². The average molecular weight is 417 g/mol. The number of aromatic nitrogens is 2. The van der Waals surface area contributed by atoms with Gasteiger partial charge in [0.15, 0.2) is 11.6 Å². The third-order valence-corrected chi connectivity index (χ3v) is 5.57. The Hall–Kier alpha value is -1.90. The van der Waals surface area contributed by atoms with Crippen LogP contribution in [0.4, 0.5) is 10.2 Å². The molecule has 2 aliphatic rings. The Kier molecular flexibility index (Phi) is 5.33. The number of carboxylic acids is 1. The molecule has 2 aromatic rings. The lowest BCUT2D eigenvalue weighted by atomic mass is 10.1. The van der Waals surface area contributed by atoms with Gasteiger partial charge in [-0.3, -0.25) is 4.79 Å². The van der Waals surface area contributed by atoms with Gasteiger partial charge in [-0.05, 0) is 25.5 Å². The van der Waals surface area contributed by atoms with Crippen molar-refractivity contribution in [3.05, 3.63) is 33.9 Å². The number of nitrogens with zero attached hydrogens (tertiary/aromatic N) is 3. The molecule has 0 bridgehead atoms. The monoisotopic (exact) mass is 416 g/mol. The van der Waals surface area contributed by atoms with Crippen molar-refractivity contribution in [2.24, 2.45) is 11.7 Å². The van der Waals surface area contributed by atoms with Crippen LogP contribution in [0.3, 0.4) is 0 Å². The summed E-state index contributed by atoms with van der Waals surface area (Å²) in [6.45, 7) is 1.30. The summed E-state index contributed by atoms with van der Waals surface area (Å²) < 4.78 is 16.4. The normalized spacial score (nSPS) is 22.1. The molecule has 2 fully saturated rings. The van der Waals surface area contributed by atoms with E-state index in [1.54, 1.807) is 9.47 Å². The molecule has 10 heteroatoms. The molecule has 0 unspecified atom stereocenters. The van der Waals surface area contributed by atoms with Crippen molar-refractivity contribution in [3.63, 3.8) is 0 Å². The van der Waals surface area contributed by atoms with Crippen molar-refractivity contribution < 1.29 is 14.3 Å². The van der Waals surface area contributed by atoms with E-state index in [-0.39, 0.29) is 46.5 Å². The summed E-state index contributed by atoms with van der Waals surface area (Å²) in [5, 5.41) is 9.06. The zero-order chi connectivity index (χ0) is 18.6. The maximum Gasteiger partial charge on any atom is 0.341 e. The van der Waals surface area contributed by atoms with E-state index in [2.05, 4.69) is 4.98 Å². The Balaban J connectivity index is 0.00000210. The number of pyridine rings is 2. The van der Waals surface area contributed by atoms with Gasteiger partial charge in [0, 0.05) is 31.2 Å². The van der Waals surface area contributed by atoms with Crippen molar-refractivity contribution in [2.45, 2.75) is 24.3 Å². The highest BCUT2D eigenvalue weighted by Crippen LogP contribution is 2.37. The SMILES string of the molecule is Cl.NC[C@@H]1CN(c2nc3c(cc2F)c(=O)c(C(=O)O)cn3C2CC2)C[C@@H]1Cl. The number of hydrogen-bond donors (Lipinski definition) is 2. The lowest BCUT2D eigenvalue weighted by Crippen LogP contribution is -2.26. The fraction of sp³-hybridized carbons (Fsp3) is 0.471. The number of carbonyl (C=O) groups is 1. The molecule has 0 aromatic carbocycles. The maximum absolute atomic E-state index is 14.7. The first kappa shape index (κ1) is 19.9. The molecule has 27 heavy (non-hydrogen) atoms. The zero-order valence-electron chi connectivity index (χ0n) is 14.3. The molecule has 1 aliphatic carbocycles. The fourth-order valence-electron chi connectivity index (χ4n) is 3.47. The predicted octanol–water partition coefficient (Wildman–Crippen LogP) is 1.99. The molecule has 0 spiro atoms. The van der Waals surface area contributed by atoms with Crippen molar-refractivity contribution >= 4 is 46.8 Å². The van der Waals surface area contributed by atoms with E-state index < -0.39 is 17.2 Å². The van der Waals surface area contributed by atoms with E-state index >= 15 is 0 Å². The van der Waals surface area contributed by atoms with E-state index in [1.807, 2.05) is 0 Å². The summed E-state index contributed by atoms with van der Waals surface area (Å²) in [6, 6.07) is 1.17. The molecule has 2 atom stereocenters. The quantitative estimate of drug-likeness (QED) is 0.738. The Morgan fingerprint density at radius 3 is 2.67 bits per heavy atom. The second kappa shape index (κ2) is 7.26. The minimum atomic E-state index is -1.33. The molecule has 2 aromatic heterocycles. The van der Waals surface area contributed by atoms with Crippen LogP contribution in [0.1, 0.15) is 29.2 Å². The zero-order valence-corrected chi connectivity index (χ0v) is 15.8. The maximum atomic E-state index is 14.7. The molecule has 7 nitrogen and oxygen atoms in total. The van der Waals surface area contributed by atoms with E-state index in [9.17, 15) is 19.1 Å². The molecular formula is C17H19Cl2FN4O3. The van der Waals surface area contributed by atoms with Gasteiger partial charge in [0.1, 0.15) is 11.2 Å². The van der Waals surface area contributed by atoms with Crippen LogP contribution in [-0.2, 0) is 0 Å². The Morgan fingerprint density at radius 1 is 1.41 bits per heavy atom. The highest BCUT2D eigenvalue weighted by atomic mass is 35.5. The molecule has 3 heterocycles. The number of anilines is 1. The van der Waals surface area contributed by atoms with Crippen LogP contribution in [-0.4, -0.2) is 45.6 Å². The summed E-state index contributed by atoms with van der Waals surface area (Å²) in [6.07, 6.45) is 3.05. The molecule has 0 radical (unpaired) electrons. The topological polar surface area (TPSA) is 101 Å². The van der Waals surface area contributed by atoms with Crippen LogP contribution < -0.4 is 16.1 Å². The van der Waals surface area contributed by atoms with Crippen molar-refractivity contribution in [3.8, 4) is 0 Å². The summed E-state index contributed by atoms with van der Waals surface area (Å²) >= 11 is 6.27. The highest BCUT2D eigenvalue weighted by Gasteiger charge is 2.34. The third kappa shape index (κ3) is 3.37. The van der Waals surface area contributed by atoms with E-state index in [0.717, 1.165) is 18.9 Å². The van der Waals surface area contributed by atoms with Crippen LogP contribution in [0.5, 0.6) is 0 Å². The molecular weight excluding hydrogens is 398 g/mol. The second-order valence-corrected chi connectivity index (χ2v) is 7.46. The van der Waals surface area contributed by atoms with Crippen LogP contribution in [0.25, 0.3) is 11.0 Å². The van der Waals surface area contributed by atoms with E-state index in [0.29, 0.717) is 25.3 Å². The molecule has 0 amide bonds. The van der Waals surface area contributed by atoms with Crippen molar-refractivity contribution in [1.29, 1.82) is 0 Å². The molecule has 1 saturated heterocycles. The Morgan fingerprint density at radius 2 is 2.11 bits per heavy atom. The summed E-state index contributed by atoms with van der Waals surface area (Å²) in [5.74, 6) is -1.84. The summed E-state index contributed by atoms with van der Waals surface area (Å²) in [5.41, 5.74) is 4.92. The van der Waals surface area contributed by atoms with Crippen molar-refractivity contribution in [1.82, 2.24) is 9.55 Å². The predicted molar refractivity (Wildman–Crippen MR) is 103 cm³/mol. The number of aromatic carboxylic acids is 1. The lowest BCUT2D eigenvalue weighted by Gasteiger charge is -2.19. The first-order valence-electron chi connectivity index (χ1n) is 8.48. The first-order valence-corrected chi connectivity index (χ1v) is 8.92. The van der Waals surface area contributed by atoms with E-state index in [1.165, 1.54) is 6.20 Å². The number of fused-ring (bicyclic) bond motifs is 1. The third-order valence-electron chi connectivity index (χ3n) is 5.07. The van der Waals surface area contributed by atoms with Gasteiger partial charge >= 0.3 is 5.97 Å². The van der Waals surface area contributed by atoms with Gasteiger partial charge in [-0.15, -0.1) is 24.0 Å².